The Morgan fingerprint density at radius 1 is 1.12 bits per heavy atom. The molecule has 3 atom stereocenters. The van der Waals surface area contributed by atoms with Crippen molar-refractivity contribution in [1.82, 2.24) is 0 Å². The van der Waals surface area contributed by atoms with Gasteiger partial charge in [0.2, 0.25) is 8.32 Å². The summed E-state index contributed by atoms with van der Waals surface area (Å²) in [7, 11) is 1.11. The second kappa shape index (κ2) is 8.99. The Hall–Kier alpha value is -2.58. The highest BCUT2D eigenvalue weighted by molar-refractivity contribution is 6.70. The van der Waals surface area contributed by atoms with Crippen molar-refractivity contribution in [3.63, 3.8) is 0 Å². The van der Waals surface area contributed by atoms with E-state index in [1.165, 1.54) is 13.2 Å². The van der Waals surface area contributed by atoms with Gasteiger partial charge in [0.05, 0.1) is 12.9 Å². The van der Waals surface area contributed by atoms with Crippen LogP contribution in [0.5, 0.6) is 5.75 Å². The van der Waals surface area contributed by atoms with Gasteiger partial charge in [-0.25, -0.2) is 0 Å². The van der Waals surface area contributed by atoms with E-state index < -0.39 is 43.3 Å². The number of allylic oxidation sites excluding steroid dienone is 1. The smallest absolute Gasteiger partial charge is 0.327 e. The maximum atomic E-state index is 13.7. The number of carbonyl (C=O) groups excluding carboxylic acids is 2. The molecule has 3 rings (SSSR count). The van der Waals surface area contributed by atoms with Gasteiger partial charge in [0, 0.05) is 25.2 Å². The van der Waals surface area contributed by atoms with E-state index in [-0.39, 0.29) is 6.42 Å². The van der Waals surface area contributed by atoms with Crippen molar-refractivity contribution < 1.29 is 33.0 Å². The Bertz CT molecular complexity index is 966. The molecule has 1 aromatic rings. The van der Waals surface area contributed by atoms with Gasteiger partial charge in [0.1, 0.15) is 29.3 Å². The quantitative estimate of drug-likeness (QED) is 0.341. The number of benzene rings is 1. The largest absolute Gasteiger partial charge is 0.547 e. The summed E-state index contributed by atoms with van der Waals surface area (Å²) in [4.78, 5) is 27.3. The molecule has 2 aliphatic rings. The van der Waals surface area contributed by atoms with Crippen LogP contribution in [0.1, 0.15) is 32.8 Å². The van der Waals surface area contributed by atoms with Crippen LogP contribution in [0.15, 0.2) is 42.2 Å². The van der Waals surface area contributed by atoms with E-state index in [9.17, 15) is 9.59 Å². The molecule has 1 heterocycles. The fourth-order valence-electron chi connectivity index (χ4n) is 4.09. The fraction of sp³-hybridized carbons (Fsp3) is 0.520. The normalized spacial score (nSPS) is 25.3. The average Bonchev–Trinajstić information content (AvgIpc) is 2.70. The minimum atomic E-state index is -1.95. The van der Waals surface area contributed by atoms with Gasteiger partial charge >= 0.3 is 5.97 Å². The summed E-state index contributed by atoms with van der Waals surface area (Å²) in [5.41, 5.74) is -1.74. The van der Waals surface area contributed by atoms with Gasteiger partial charge in [-0.15, -0.1) is 0 Å². The molecule has 33 heavy (non-hydrogen) atoms. The molecule has 1 aromatic carbocycles. The molecule has 8 heteroatoms. The summed E-state index contributed by atoms with van der Waals surface area (Å²) >= 11 is 0. The van der Waals surface area contributed by atoms with Crippen LogP contribution in [-0.2, 0) is 28.2 Å². The molecule has 0 fully saturated rings. The van der Waals surface area contributed by atoms with Crippen LogP contribution >= 0.6 is 0 Å². The summed E-state index contributed by atoms with van der Waals surface area (Å²) < 4.78 is 29.2. The molecule has 0 amide bonds. The lowest BCUT2D eigenvalue weighted by Crippen LogP contribution is -2.62. The number of hydrogen-bond donors (Lipinski definition) is 0. The van der Waals surface area contributed by atoms with E-state index in [4.69, 9.17) is 23.4 Å². The van der Waals surface area contributed by atoms with E-state index in [0.29, 0.717) is 22.8 Å². The number of hydrogen-bond acceptors (Lipinski definition) is 7. The molecule has 0 spiro atoms. The SMILES string of the molecule is COc1ccc(C2=CC(=O)[C@@]3(C(=O)OC(C)(C)C)[C@@H](OC)C=C(O[Si](C)(C)C)C[C@H]3O2)cc1. The third-order valence-corrected chi connectivity index (χ3v) is 6.30. The minimum absolute atomic E-state index is 0.253. The van der Waals surface area contributed by atoms with Crippen LogP contribution in [0.2, 0.25) is 19.6 Å². The fourth-order valence-corrected chi connectivity index (χ4v) is 5.03. The van der Waals surface area contributed by atoms with Gasteiger partial charge in [-0.05, 0) is 70.8 Å². The van der Waals surface area contributed by atoms with Crippen molar-refractivity contribution >= 4 is 25.8 Å². The average molecular weight is 475 g/mol. The van der Waals surface area contributed by atoms with Crippen molar-refractivity contribution in [2.75, 3.05) is 14.2 Å². The molecular formula is C25H34O7Si. The van der Waals surface area contributed by atoms with Crippen LogP contribution in [-0.4, -0.2) is 52.1 Å². The summed E-state index contributed by atoms with van der Waals surface area (Å²) in [6, 6.07) is 7.20. The van der Waals surface area contributed by atoms with Gasteiger partial charge in [-0.2, -0.15) is 0 Å². The maximum Gasteiger partial charge on any atom is 0.327 e. The van der Waals surface area contributed by atoms with Crippen LogP contribution < -0.4 is 4.74 Å². The monoisotopic (exact) mass is 474 g/mol. The van der Waals surface area contributed by atoms with Gasteiger partial charge in [0.15, 0.2) is 11.2 Å². The predicted molar refractivity (Wildman–Crippen MR) is 127 cm³/mol. The van der Waals surface area contributed by atoms with Gasteiger partial charge in [0.25, 0.3) is 0 Å². The molecule has 0 saturated carbocycles. The lowest BCUT2D eigenvalue weighted by molar-refractivity contribution is -0.189. The highest BCUT2D eigenvalue weighted by Crippen LogP contribution is 2.47. The van der Waals surface area contributed by atoms with E-state index >= 15 is 0 Å². The summed E-state index contributed by atoms with van der Waals surface area (Å²) in [5.74, 6) is 0.666. The molecule has 180 valence electrons. The zero-order valence-electron chi connectivity index (χ0n) is 20.7. The van der Waals surface area contributed by atoms with Crippen LogP contribution in [0.25, 0.3) is 5.76 Å². The van der Waals surface area contributed by atoms with Crippen LogP contribution in [0.4, 0.5) is 0 Å². The van der Waals surface area contributed by atoms with Gasteiger partial charge < -0.3 is 23.4 Å². The highest BCUT2D eigenvalue weighted by atomic mass is 28.4. The first-order valence-electron chi connectivity index (χ1n) is 11.0. The number of rotatable bonds is 6. The Morgan fingerprint density at radius 3 is 2.27 bits per heavy atom. The second-order valence-corrected chi connectivity index (χ2v) is 14.7. The van der Waals surface area contributed by atoms with Gasteiger partial charge in [-0.1, -0.05) is 0 Å². The molecule has 0 N–H and O–H groups in total. The second-order valence-electron chi connectivity index (χ2n) is 10.3. The van der Waals surface area contributed by atoms with Crippen LogP contribution in [0.3, 0.4) is 0 Å². The Kier molecular flexibility index (Phi) is 6.82. The summed E-state index contributed by atoms with van der Waals surface area (Å²) in [6.07, 6.45) is 1.61. The first-order valence-corrected chi connectivity index (χ1v) is 14.4. The Labute approximate surface area is 196 Å². The van der Waals surface area contributed by atoms with Crippen molar-refractivity contribution in [1.29, 1.82) is 0 Å². The van der Waals surface area contributed by atoms with Crippen molar-refractivity contribution in [3.05, 3.63) is 47.7 Å². The van der Waals surface area contributed by atoms with E-state index in [1.54, 1.807) is 46.1 Å². The van der Waals surface area contributed by atoms with E-state index in [2.05, 4.69) is 19.6 Å². The Morgan fingerprint density at radius 2 is 1.76 bits per heavy atom. The summed E-state index contributed by atoms with van der Waals surface area (Å²) in [6.45, 7) is 11.5. The van der Waals surface area contributed by atoms with Crippen molar-refractivity contribution in [2.24, 2.45) is 5.41 Å². The number of methoxy groups -OCH3 is 2. The van der Waals surface area contributed by atoms with E-state index in [0.717, 1.165) is 0 Å². The third kappa shape index (κ3) is 5.17. The lowest BCUT2D eigenvalue weighted by Gasteiger charge is -2.47. The standard InChI is InChI=1S/C25H34O7Si/c1-24(2,3)31-23(27)25-20(26)15-19(16-9-11-17(28-4)12-10-16)30-22(25)14-18(13-21(25)29-5)32-33(6,7)8/h9-13,15,21-22H,14H2,1-8H3/t21-,22+,25+/m0/s1. The zero-order valence-corrected chi connectivity index (χ0v) is 21.7. The van der Waals surface area contributed by atoms with Crippen molar-refractivity contribution in [3.8, 4) is 5.75 Å². The number of ketones is 1. The van der Waals surface area contributed by atoms with Gasteiger partial charge in [-0.3, -0.25) is 9.59 Å². The molecule has 7 nitrogen and oxygen atoms in total. The van der Waals surface area contributed by atoms with E-state index in [1.807, 2.05) is 12.1 Å². The molecule has 1 aliphatic heterocycles. The minimum Gasteiger partial charge on any atom is -0.547 e. The predicted octanol–water partition coefficient (Wildman–Crippen LogP) is 4.49. The molecule has 0 saturated heterocycles. The third-order valence-electron chi connectivity index (χ3n) is 5.42. The maximum absolute atomic E-state index is 13.7. The number of fused-ring (bicyclic) bond motifs is 1. The molecule has 0 unspecified atom stereocenters. The number of ether oxygens (including phenoxy) is 4. The molecule has 1 aliphatic carbocycles. The number of carbonyl (C=O) groups is 2. The molecule has 0 aromatic heterocycles. The topological polar surface area (TPSA) is 80.3 Å². The first-order chi connectivity index (χ1) is 15.3. The molecular weight excluding hydrogens is 440 g/mol. The lowest BCUT2D eigenvalue weighted by atomic mass is 9.67. The van der Waals surface area contributed by atoms with Crippen molar-refractivity contribution in [2.45, 2.75) is 64.6 Å². The first kappa shape index (κ1) is 25.0. The molecule has 0 bridgehead atoms. The number of esters is 1. The Balaban J connectivity index is 2.10. The summed E-state index contributed by atoms with van der Waals surface area (Å²) in [5, 5.41) is 0. The van der Waals surface area contributed by atoms with Crippen LogP contribution in [0, 0.1) is 5.41 Å². The zero-order chi connectivity index (χ0) is 24.6. The highest BCUT2D eigenvalue weighted by Gasteiger charge is 2.64. The molecule has 0 radical (unpaired) electrons.